The summed E-state index contributed by atoms with van der Waals surface area (Å²) in [6, 6.07) is 2.37. The van der Waals surface area contributed by atoms with E-state index in [2.05, 4.69) is 34.2 Å². The number of rotatable bonds is 5. The molecule has 0 amide bonds. The molecule has 0 unspecified atom stereocenters. The maximum absolute atomic E-state index is 12.2. The molecule has 0 saturated carbocycles. The lowest BCUT2D eigenvalue weighted by Gasteiger charge is -2.17. The third-order valence-electron chi connectivity index (χ3n) is 2.18. The zero-order valence-electron chi connectivity index (χ0n) is 11.2. The molecule has 1 aliphatic rings. The van der Waals surface area contributed by atoms with Crippen molar-refractivity contribution in [3.05, 3.63) is 48.1 Å². The van der Waals surface area contributed by atoms with Crippen LogP contribution in [0.2, 0.25) is 0 Å². The second kappa shape index (κ2) is 7.96. The molecule has 1 aliphatic heterocycles. The van der Waals surface area contributed by atoms with Gasteiger partial charge in [0.2, 0.25) is 0 Å². The predicted molar refractivity (Wildman–Crippen MR) is 78.5 cm³/mol. The van der Waals surface area contributed by atoms with Crippen molar-refractivity contribution in [1.82, 2.24) is 9.73 Å². The topological polar surface area (TPSA) is 74.1 Å². The number of hydrogen-bond donors (Lipinski definition) is 1. The van der Waals surface area contributed by atoms with Crippen molar-refractivity contribution in [3.63, 3.8) is 0 Å². The lowest BCUT2D eigenvalue weighted by Crippen LogP contribution is -2.28. The fourth-order valence-electron chi connectivity index (χ4n) is 1.27. The quantitative estimate of drug-likeness (QED) is 0.363. The molecular weight excluding hydrogens is 276 g/mol. The van der Waals surface area contributed by atoms with Crippen LogP contribution in [0.3, 0.4) is 0 Å². The van der Waals surface area contributed by atoms with Crippen molar-refractivity contribution >= 4 is 10.0 Å². The summed E-state index contributed by atoms with van der Waals surface area (Å²) in [7, 11) is -3.69. The maximum atomic E-state index is 12.2. The van der Waals surface area contributed by atoms with Crippen LogP contribution < -0.4 is 5.32 Å². The first-order valence-electron chi connectivity index (χ1n) is 5.94. The molecule has 0 fully saturated rings. The predicted octanol–water partition coefficient (Wildman–Crippen LogP) is 1.71. The van der Waals surface area contributed by atoms with E-state index in [9.17, 15) is 8.42 Å². The summed E-state index contributed by atoms with van der Waals surface area (Å²) in [5.74, 6) is 2.57. The van der Waals surface area contributed by atoms with Crippen molar-refractivity contribution in [2.45, 2.75) is 6.92 Å². The zero-order valence-corrected chi connectivity index (χ0v) is 12.0. The Balaban J connectivity index is 2.84. The molecule has 1 N–H and O–H groups in total. The van der Waals surface area contributed by atoms with Crippen molar-refractivity contribution in [2.75, 3.05) is 13.1 Å². The summed E-state index contributed by atoms with van der Waals surface area (Å²) in [4.78, 5) is 0.143. The van der Waals surface area contributed by atoms with Crippen LogP contribution in [0.5, 0.6) is 0 Å². The van der Waals surface area contributed by atoms with Crippen LogP contribution in [0, 0.1) is 12.0 Å². The van der Waals surface area contributed by atoms with Gasteiger partial charge in [0, 0.05) is 12.7 Å². The largest absolute Gasteiger partial charge is 0.386 e. The molecule has 0 saturated heterocycles. The van der Waals surface area contributed by atoms with Crippen LogP contribution in [-0.2, 0) is 10.0 Å². The van der Waals surface area contributed by atoms with E-state index in [1.165, 1.54) is 18.4 Å². The standard InChI is InChI=1S/C13H16N4O2S/c1-3-5-6-7-11-15-16-17(4-2)20(18,19)13-9-8-10-14-12-13/h3,5-6,8-9,12,14H,1,4,10H2,2H3/b6-5-,16-15-. The molecule has 0 aliphatic carbocycles. The molecule has 0 bridgehead atoms. The zero-order chi connectivity index (χ0) is 14.8. The van der Waals surface area contributed by atoms with Crippen LogP contribution in [0.25, 0.3) is 0 Å². The number of nitrogens with one attached hydrogen (secondary N) is 1. The van der Waals surface area contributed by atoms with Crippen molar-refractivity contribution in [3.8, 4) is 12.0 Å². The Hall–Kier alpha value is -2.33. The minimum Gasteiger partial charge on any atom is -0.386 e. The van der Waals surface area contributed by atoms with E-state index in [1.54, 1.807) is 25.2 Å². The van der Waals surface area contributed by atoms with E-state index in [4.69, 9.17) is 0 Å². The highest BCUT2D eigenvalue weighted by molar-refractivity contribution is 7.93. The Morgan fingerprint density at radius 1 is 1.60 bits per heavy atom. The van der Waals surface area contributed by atoms with E-state index in [1.807, 2.05) is 0 Å². The van der Waals surface area contributed by atoms with Gasteiger partial charge in [-0.2, -0.15) is 12.8 Å². The smallest absolute Gasteiger partial charge is 0.281 e. The first kappa shape index (κ1) is 15.7. The van der Waals surface area contributed by atoms with Crippen molar-refractivity contribution in [1.29, 1.82) is 0 Å². The van der Waals surface area contributed by atoms with Crippen LogP contribution in [0.4, 0.5) is 0 Å². The van der Waals surface area contributed by atoms with Crippen molar-refractivity contribution in [2.24, 2.45) is 10.3 Å². The van der Waals surface area contributed by atoms with E-state index >= 15 is 0 Å². The van der Waals surface area contributed by atoms with Crippen molar-refractivity contribution < 1.29 is 8.42 Å². The molecular formula is C13H16N4O2S. The lowest BCUT2D eigenvalue weighted by molar-refractivity contribution is 0.433. The highest BCUT2D eigenvalue weighted by Crippen LogP contribution is 2.15. The van der Waals surface area contributed by atoms with Gasteiger partial charge in [-0.3, -0.25) is 0 Å². The molecule has 0 spiro atoms. The third-order valence-corrected chi connectivity index (χ3v) is 3.92. The molecule has 0 aromatic heterocycles. The number of dihydropyridines is 1. The summed E-state index contributed by atoms with van der Waals surface area (Å²) in [5, 5.41) is 9.99. The second-order valence-electron chi connectivity index (χ2n) is 3.54. The van der Waals surface area contributed by atoms with E-state index < -0.39 is 10.0 Å². The summed E-state index contributed by atoms with van der Waals surface area (Å²) >= 11 is 0. The van der Waals surface area contributed by atoms with Gasteiger partial charge in [-0.15, -0.1) is 0 Å². The van der Waals surface area contributed by atoms with Crippen LogP contribution in [0.15, 0.2) is 58.4 Å². The fraction of sp³-hybridized carbons (Fsp3) is 0.231. The highest BCUT2D eigenvalue weighted by Gasteiger charge is 2.23. The van der Waals surface area contributed by atoms with Gasteiger partial charge in [0.15, 0.2) is 0 Å². The normalized spacial score (nSPS) is 14.6. The second-order valence-corrected chi connectivity index (χ2v) is 5.38. The Morgan fingerprint density at radius 3 is 3.00 bits per heavy atom. The van der Waals surface area contributed by atoms with E-state index in [0.717, 1.165) is 4.41 Å². The molecule has 20 heavy (non-hydrogen) atoms. The summed E-state index contributed by atoms with van der Waals surface area (Å²) in [5.41, 5.74) is 0. The van der Waals surface area contributed by atoms with Crippen LogP contribution in [0.1, 0.15) is 6.92 Å². The molecule has 7 heteroatoms. The van der Waals surface area contributed by atoms with Gasteiger partial charge in [-0.1, -0.05) is 29.9 Å². The van der Waals surface area contributed by atoms with E-state index in [-0.39, 0.29) is 11.4 Å². The van der Waals surface area contributed by atoms with Gasteiger partial charge in [0.05, 0.1) is 12.6 Å². The molecule has 0 aromatic rings. The van der Waals surface area contributed by atoms with Gasteiger partial charge in [0.1, 0.15) is 4.91 Å². The average molecular weight is 292 g/mol. The number of hydrogen-bond acceptors (Lipinski definition) is 5. The first-order valence-corrected chi connectivity index (χ1v) is 7.38. The van der Waals surface area contributed by atoms with Gasteiger partial charge in [-0.05, 0) is 30.2 Å². The summed E-state index contributed by atoms with van der Waals surface area (Å²) < 4.78 is 25.3. The lowest BCUT2D eigenvalue weighted by atomic mass is 10.4. The minimum atomic E-state index is -3.69. The average Bonchev–Trinajstić information content (AvgIpc) is 2.47. The Morgan fingerprint density at radius 2 is 2.40 bits per heavy atom. The van der Waals surface area contributed by atoms with Crippen LogP contribution in [-0.4, -0.2) is 25.9 Å². The molecule has 0 atom stereocenters. The van der Waals surface area contributed by atoms with Gasteiger partial charge in [0.25, 0.3) is 10.0 Å². The monoisotopic (exact) mass is 292 g/mol. The highest BCUT2D eigenvalue weighted by atomic mass is 32.2. The Kier molecular flexibility index (Phi) is 6.26. The molecule has 1 heterocycles. The number of sulfonamides is 1. The number of allylic oxidation sites excluding steroid dienone is 4. The minimum absolute atomic E-state index is 0.143. The van der Waals surface area contributed by atoms with Gasteiger partial charge in [-0.25, -0.2) is 0 Å². The third kappa shape index (κ3) is 4.40. The molecule has 6 nitrogen and oxygen atoms in total. The van der Waals surface area contributed by atoms with Gasteiger partial charge < -0.3 is 5.32 Å². The van der Waals surface area contributed by atoms with Crippen LogP contribution >= 0.6 is 0 Å². The summed E-state index contributed by atoms with van der Waals surface area (Å²) in [6.07, 6.45) is 9.43. The Labute approximate surface area is 119 Å². The fourth-order valence-corrected chi connectivity index (χ4v) is 2.49. The van der Waals surface area contributed by atoms with Gasteiger partial charge >= 0.3 is 0 Å². The molecule has 0 radical (unpaired) electrons. The molecule has 0 aromatic carbocycles. The number of nitrogens with zero attached hydrogens (tertiary/aromatic N) is 3. The van der Waals surface area contributed by atoms with E-state index in [0.29, 0.717) is 6.54 Å². The molecule has 1 rings (SSSR count). The Bertz CT molecular complexity index is 618. The summed E-state index contributed by atoms with van der Waals surface area (Å²) in [6.45, 7) is 5.93. The first-order chi connectivity index (χ1) is 9.62. The molecule has 106 valence electrons. The maximum Gasteiger partial charge on any atom is 0.281 e. The SMILES string of the molecule is C=C/C=C\C#C/N=N\N(CC)S(=O)(=O)C1=CNCC=C1.